The number of anilines is 1. The number of aromatic nitrogens is 2. The first kappa shape index (κ1) is 8.13. The van der Waals surface area contributed by atoms with E-state index in [9.17, 15) is 4.57 Å². The molecule has 0 aliphatic carbocycles. The predicted molar refractivity (Wildman–Crippen MR) is 37.7 cm³/mol. The summed E-state index contributed by atoms with van der Waals surface area (Å²) in [5, 5.41) is 1.87. The van der Waals surface area contributed by atoms with Crippen LogP contribution in [0.1, 0.15) is 0 Å². The average Bonchev–Trinajstić information content (AvgIpc) is 1.85. The summed E-state index contributed by atoms with van der Waals surface area (Å²) in [6, 6.07) is 0. The van der Waals surface area contributed by atoms with E-state index in [4.69, 9.17) is 9.79 Å². The van der Waals surface area contributed by atoms with Gasteiger partial charge in [0.15, 0.2) is 5.82 Å². The number of rotatable bonds is 2. The highest BCUT2D eigenvalue weighted by Crippen LogP contribution is 2.33. The van der Waals surface area contributed by atoms with E-state index in [-0.39, 0.29) is 5.82 Å². The van der Waals surface area contributed by atoms with E-state index in [1.807, 2.05) is 5.09 Å². The molecule has 6 nitrogen and oxygen atoms in total. The summed E-state index contributed by atoms with van der Waals surface area (Å²) in [5.74, 6) is 0.0563. The summed E-state index contributed by atoms with van der Waals surface area (Å²) in [5.41, 5.74) is 0. The van der Waals surface area contributed by atoms with Gasteiger partial charge in [0.1, 0.15) is 0 Å². The third-order valence-electron chi connectivity index (χ3n) is 0.823. The van der Waals surface area contributed by atoms with Crippen LogP contribution in [0.25, 0.3) is 0 Å². The van der Waals surface area contributed by atoms with Gasteiger partial charge in [-0.25, -0.2) is 9.55 Å². The van der Waals surface area contributed by atoms with Gasteiger partial charge in [0.2, 0.25) is 0 Å². The first-order chi connectivity index (χ1) is 5.08. The van der Waals surface area contributed by atoms with Crippen LogP contribution >= 0.6 is 7.75 Å². The molecule has 0 saturated carbocycles. The van der Waals surface area contributed by atoms with Gasteiger partial charge in [-0.1, -0.05) is 0 Å². The summed E-state index contributed by atoms with van der Waals surface area (Å²) in [6.45, 7) is 0. The Kier molecular flexibility index (Phi) is 2.19. The third kappa shape index (κ3) is 3.08. The van der Waals surface area contributed by atoms with Crippen LogP contribution in [0, 0.1) is 0 Å². The maximum atomic E-state index is 10.3. The maximum absolute atomic E-state index is 10.3. The monoisotopic (exact) mass is 175 g/mol. The molecule has 0 aliphatic rings. The Morgan fingerprint density at radius 2 is 2.18 bits per heavy atom. The SMILES string of the molecule is O=P(O)(O)Nc1cnccn1. The lowest BCUT2D eigenvalue weighted by Gasteiger charge is -2.04. The van der Waals surface area contributed by atoms with Crippen LogP contribution in [0.5, 0.6) is 0 Å². The first-order valence-corrected chi connectivity index (χ1v) is 4.29. The highest BCUT2D eigenvalue weighted by molar-refractivity contribution is 7.53. The van der Waals surface area contributed by atoms with Gasteiger partial charge in [-0.2, -0.15) is 0 Å². The molecule has 7 heteroatoms. The van der Waals surface area contributed by atoms with Crippen molar-refractivity contribution in [2.75, 3.05) is 5.09 Å². The molecule has 0 aromatic carbocycles. The van der Waals surface area contributed by atoms with Crippen molar-refractivity contribution in [3.63, 3.8) is 0 Å². The standard InChI is InChI=1S/C4H6N3O3P/c8-11(9,10)7-4-3-5-1-2-6-4/h1-3H,(H3,6,7,8,9,10). The van der Waals surface area contributed by atoms with E-state index in [0.717, 1.165) is 0 Å². The molecule has 0 spiro atoms. The fourth-order valence-electron chi connectivity index (χ4n) is 0.506. The number of nitrogens with zero attached hydrogens (tertiary/aromatic N) is 2. The van der Waals surface area contributed by atoms with Crippen molar-refractivity contribution in [1.29, 1.82) is 0 Å². The minimum atomic E-state index is -4.24. The van der Waals surface area contributed by atoms with E-state index in [2.05, 4.69) is 9.97 Å². The molecule has 60 valence electrons. The fourth-order valence-corrected chi connectivity index (χ4v) is 0.920. The zero-order valence-corrected chi connectivity index (χ0v) is 6.27. The second kappa shape index (κ2) is 2.96. The maximum Gasteiger partial charge on any atom is 0.428 e. The van der Waals surface area contributed by atoms with Crippen molar-refractivity contribution in [3.05, 3.63) is 18.6 Å². The van der Waals surface area contributed by atoms with E-state index in [0.29, 0.717) is 0 Å². The zero-order chi connectivity index (χ0) is 8.32. The van der Waals surface area contributed by atoms with Gasteiger partial charge in [-0.3, -0.25) is 10.1 Å². The second-order valence-corrected chi connectivity index (χ2v) is 3.06. The van der Waals surface area contributed by atoms with Crippen LogP contribution in [0.2, 0.25) is 0 Å². The summed E-state index contributed by atoms with van der Waals surface area (Å²) in [4.78, 5) is 24.0. The number of nitrogens with one attached hydrogen (secondary N) is 1. The smallest absolute Gasteiger partial charge is 0.308 e. The third-order valence-corrected chi connectivity index (χ3v) is 1.34. The van der Waals surface area contributed by atoms with Crippen LogP contribution in [-0.2, 0) is 4.57 Å². The molecule has 1 heterocycles. The lowest BCUT2D eigenvalue weighted by atomic mass is 10.7. The molecule has 1 rings (SSSR count). The lowest BCUT2D eigenvalue weighted by molar-refractivity contribution is 0.380. The quantitative estimate of drug-likeness (QED) is 0.546. The Labute approximate surface area is 62.5 Å². The van der Waals surface area contributed by atoms with Crippen molar-refractivity contribution in [1.82, 2.24) is 9.97 Å². The minimum absolute atomic E-state index is 0.0563. The largest absolute Gasteiger partial charge is 0.428 e. The first-order valence-electron chi connectivity index (χ1n) is 2.68. The molecule has 0 radical (unpaired) electrons. The predicted octanol–water partition coefficient (Wildman–Crippen LogP) is -0.0188. The summed E-state index contributed by atoms with van der Waals surface area (Å²) >= 11 is 0. The average molecular weight is 175 g/mol. The van der Waals surface area contributed by atoms with Crippen molar-refractivity contribution < 1.29 is 14.4 Å². The van der Waals surface area contributed by atoms with Gasteiger partial charge in [-0.15, -0.1) is 0 Å². The van der Waals surface area contributed by atoms with Crippen molar-refractivity contribution >= 4 is 13.6 Å². The van der Waals surface area contributed by atoms with Gasteiger partial charge in [-0.05, 0) is 0 Å². The summed E-state index contributed by atoms with van der Waals surface area (Å²) in [6.07, 6.45) is 3.96. The van der Waals surface area contributed by atoms with Crippen molar-refractivity contribution in [3.8, 4) is 0 Å². The molecule has 0 aliphatic heterocycles. The minimum Gasteiger partial charge on any atom is -0.308 e. The molecule has 3 N–H and O–H groups in total. The second-order valence-electron chi connectivity index (χ2n) is 1.75. The Morgan fingerprint density at radius 3 is 2.64 bits per heavy atom. The van der Waals surface area contributed by atoms with Crippen LogP contribution < -0.4 is 5.09 Å². The van der Waals surface area contributed by atoms with Crippen LogP contribution in [0.4, 0.5) is 5.82 Å². The molecule has 0 bridgehead atoms. The normalized spacial score (nSPS) is 11.1. The Hall–Kier alpha value is -0.970. The molecule has 11 heavy (non-hydrogen) atoms. The van der Waals surface area contributed by atoms with E-state index in [1.165, 1.54) is 18.6 Å². The highest BCUT2D eigenvalue weighted by Gasteiger charge is 2.12. The molecule has 0 atom stereocenters. The van der Waals surface area contributed by atoms with Gasteiger partial charge >= 0.3 is 7.75 Å². The Morgan fingerprint density at radius 1 is 1.45 bits per heavy atom. The fraction of sp³-hybridized carbons (Fsp3) is 0. The molecule has 0 amide bonds. The van der Waals surface area contributed by atoms with Gasteiger partial charge in [0.25, 0.3) is 0 Å². The molecule has 1 aromatic rings. The zero-order valence-electron chi connectivity index (χ0n) is 5.38. The van der Waals surface area contributed by atoms with Crippen molar-refractivity contribution in [2.24, 2.45) is 0 Å². The number of hydrogen-bond acceptors (Lipinski definition) is 3. The van der Waals surface area contributed by atoms with Crippen LogP contribution in [0.15, 0.2) is 18.6 Å². The van der Waals surface area contributed by atoms with Crippen LogP contribution in [0.3, 0.4) is 0 Å². The summed E-state index contributed by atoms with van der Waals surface area (Å²) < 4.78 is 10.3. The van der Waals surface area contributed by atoms with Gasteiger partial charge in [0, 0.05) is 12.4 Å². The van der Waals surface area contributed by atoms with Crippen LogP contribution in [-0.4, -0.2) is 19.8 Å². The molecule has 0 unspecified atom stereocenters. The molecule has 1 aromatic heterocycles. The number of hydrogen-bond donors (Lipinski definition) is 3. The van der Waals surface area contributed by atoms with Gasteiger partial charge < -0.3 is 9.79 Å². The Balaban J connectivity index is 2.74. The topological polar surface area (TPSA) is 95.3 Å². The van der Waals surface area contributed by atoms with E-state index >= 15 is 0 Å². The molecule has 0 fully saturated rings. The highest BCUT2D eigenvalue weighted by atomic mass is 31.2. The molecular weight excluding hydrogens is 169 g/mol. The lowest BCUT2D eigenvalue weighted by Crippen LogP contribution is -1.96. The Bertz CT molecular complexity index is 271. The molecular formula is C4H6N3O3P. The van der Waals surface area contributed by atoms with Crippen molar-refractivity contribution in [2.45, 2.75) is 0 Å². The summed E-state index contributed by atoms with van der Waals surface area (Å²) in [7, 11) is -4.24. The van der Waals surface area contributed by atoms with Gasteiger partial charge in [0.05, 0.1) is 6.20 Å². The van der Waals surface area contributed by atoms with E-state index < -0.39 is 7.75 Å². The molecule has 0 saturated heterocycles. The van der Waals surface area contributed by atoms with E-state index in [1.54, 1.807) is 0 Å².